The lowest BCUT2D eigenvalue weighted by Crippen LogP contribution is -2.31. The Kier molecular flexibility index (Phi) is 5.33. The molecule has 0 atom stereocenters. The van der Waals surface area contributed by atoms with Gasteiger partial charge in [0.05, 0.1) is 12.7 Å². The molecule has 0 radical (unpaired) electrons. The van der Waals surface area contributed by atoms with Crippen molar-refractivity contribution >= 4 is 39.1 Å². The second kappa shape index (κ2) is 8.15. The summed E-state index contributed by atoms with van der Waals surface area (Å²) in [7, 11) is 1.61. The monoisotopic (exact) mass is 497 g/mol. The van der Waals surface area contributed by atoms with E-state index in [1.807, 2.05) is 31.2 Å². The minimum absolute atomic E-state index is 0.127. The Morgan fingerprint density at radius 3 is 2.90 bits per heavy atom. The molecule has 0 N–H and O–H groups in total. The zero-order chi connectivity index (χ0) is 21.5. The highest BCUT2D eigenvalue weighted by atomic mass is 79.9. The number of ketones is 1. The van der Waals surface area contributed by atoms with Crippen molar-refractivity contribution in [3.8, 4) is 17.2 Å². The zero-order valence-electron chi connectivity index (χ0n) is 17.1. The van der Waals surface area contributed by atoms with E-state index < -0.39 is 0 Å². The fraction of sp³-hybridized carbons (Fsp3) is 0.208. The summed E-state index contributed by atoms with van der Waals surface area (Å²) in [6, 6.07) is 11.7. The molecule has 0 fully saturated rings. The number of hydrogen-bond donors (Lipinski definition) is 0. The molecule has 3 heterocycles. The fourth-order valence-electron chi connectivity index (χ4n) is 3.98. The normalized spacial score (nSPS) is 16.6. The standard InChI is InChI=1S/C24H20BrNO4S/c1-14-23-16(11-26(13-29-23)12-18-4-3-7-31-18)9-19-22(27)21(30-24(14)19)10-15-8-17(25)5-6-20(15)28-2/h3-10H,11-13H2,1-2H3/b21-10-. The molecule has 0 amide bonds. The maximum absolute atomic E-state index is 13.2. The lowest BCUT2D eigenvalue weighted by Gasteiger charge is -2.30. The summed E-state index contributed by atoms with van der Waals surface area (Å²) >= 11 is 5.20. The predicted molar refractivity (Wildman–Crippen MR) is 124 cm³/mol. The van der Waals surface area contributed by atoms with Crippen LogP contribution < -0.4 is 14.2 Å². The third-order valence-corrected chi connectivity index (χ3v) is 6.79. The third kappa shape index (κ3) is 3.78. The number of hydrogen-bond acceptors (Lipinski definition) is 6. The minimum atomic E-state index is -0.127. The van der Waals surface area contributed by atoms with E-state index in [0.29, 0.717) is 23.8 Å². The quantitative estimate of drug-likeness (QED) is 0.426. The van der Waals surface area contributed by atoms with E-state index in [2.05, 4.69) is 38.3 Å². The van der Waals surface area contributed by atoms with Crippen LogP contribution in [0.2, 0.25) is 0 Å². The molecule has 5 rings (SSSR count). The van der Waals surface area contributed by atoms with Crippen molar-refractivity contribution in [1.29, 1.82) is 0 Å². The Balaban J connectivity index is 1.46. The molecule has 0 spiro atoms. The summed E-state index contributed by atoms with van der Waals surface area (Å²) in [4.78, 5) is 16.7. The Hall–Kier alpha value is -2.61. The van der Waals surface area contributed by atoms with Gasteiger partial charge in [-0.3, -0.25) is 9.69 Å². The first-order valence-electron chi connectivity index (χ1n) is 9.85. The Bertz CT molecular complexity index is 1200. The number of benzene rings is 2. The Morgan fingerprint density at radius 1 is 1.26 bits per heavy atom. The highest BCUT2D eigenvalue weighted by Crippen LogP contribution is 2.43. The van der Waals surface area contributed by atoms with E-state index in [-0.39, 0.29) is 11.5 Å². The molecule has 0 unspecified atom stereocenters. The van der Waals surface area contributed by atoms with E-state index in [1.54, 1.807) is 24.5 Å². The first-order valence-corrected chi connectivity index (χ1v) is 11.5. The summed E-state index contributed by atoms with van der Waals surface area (Å²) in [5.74, 6) is 2.23. The molecule has 5 nitrogen and oxygen atoms in total. The molecule has 2 aliphatic rings. The van der Waals surface area contributed by atoms with Crippen LogP contribution >= 0.6 is 27.3 Å². The SMILES string of the molecule is COc1ccc(Br)cc1/C=C1\Oc2c(cc3c(c2C)OCN(Cc2cccs2)C3)C1=O. The van der Waals surface area contributed by atoms with Gasteiger partial charge in [0.15, 0.2) is 5.76 Å². The van der Waals surface area contributed by atoms with Crippen molar-refractivity contribution in [1.82, 2.24) is 4.90 Å². The third-order valence-electron chi connectivity index (χ3n) is 5.44. The number of methoxy groups -OCH3 is 1. The molecular formula is C24H20BrNO4S. The predicted octanol–water partition coefficient (Wildman–Crippen LogP) is 5.80. The van der Waals surface area contributed by atoms with Gasteiger partial charge in [0, 0.05) is 39.1 Å². The molecule has 0 saturated carbocycles. The Morgan fingerprint density at radius 2 is 2.13 bits per heavy atom. The van der Waals surface area contributed by atoms with Crippen LogP contribution in [-0.4, -0.2) is 24.5 Å². The van der Waals surface area contributed by atoms with E-state index >= 15 is 0 Å². The first-order chi connectivity index (χ1) is 15.0. The molecule has 2 aliphatic heterocycles. The van der Waals surface area contributed by atoms with Crippen molar-refractivity contribution in [2.45, 2.75) is 20.0 Å². The second-order valence-electron chi connectivity index (χ2n) is 7.53. The topological polar surface area (TPSA) is 48.0 Å². The zero-order valence-corrected chi connectivity index (χ0v) is 19.5. The number of fused-ring (bicyclic) bond motifs is 2. The molecular weight excluding hydrogens is 478 g/mol. The largest absolute Gasteiger partial charge is 0.496 e. The highest BCUT2D eigenvalue weighted by Gasteiger charge is 2.33. The van der Waals surface area contributed by atoms with Gasteiger partial charge in [0.25, 0.3) is 0 Å². The molecule has 158 valence electrons. The molecule has 0 saturated heterocycles. The van der Waals surface area contributed by atoms with Gasteiger partial charge in [-0.05, 0) is 48.7 Å². The van der Waals surface area contributed by atoms with Gasteiger partial charge in [-0.15, -0.1) is 11.3 Å². The average molecular weight is 498 g/mol. The number of allylic oxidation sites excluding steroid dienone is 1. The fourth-order valence-corrected chi connectivity index (χ4v) is 5.10. The van der Waals surface area contributed by atoms with Crippen molar-refractivity contribution in [3.05, 3.63) is 79.1 Å². The summed E-state index contributed by atoms with van der Waals surface area (Å²) < 4.78 is 18.4. The average Bonchev–Trinajstić information content (AvgIpc) is 3.37. The molecule has 7 heteroatoms. The van der Waals surface area contributed by atoms with Crippen molar-refractivity contribution in [2.75, 3.05) is 13.8 Å². The van der Waals surface area contributed by atoms with Crippen molar-refractivity contribution in [3.63, 3.8) is 0 Å². The van der Waals surface area contributed by atoms with Crippen LogP contribution in [0.5, 0.6) is 17.2 Å². The molecule has 31 heavy (non-hydrogen) atoms. The lowest BCUT2D eigenvalue weighted by atomic mass is 10.00. The first kappa shape index (κ1) is 20.3. The summed E-state index contributed by atoms with van der Waals surface area (Å²) in [5, 5.41) is 2.08. The van der Waals surface area contributed by atoms with E-state index in [1.165, 1.54) is 4.88 Å². The number of carbonyl (C=O) groups is 1. The summed E-state index contributed by atoms with van der Waals surface area (Å²) in [6.45, 7) is 4.01. The van der Waals surface area contributed by atoms with Crippen LogP contribution in [0.1, 0.15) is 31.9 Å². The van der Waals surface area contributed by atoms with Crippen LogP contribution in [-0.2, 0) is 13.1 Å². The van der Waals surface area contributed by atoms with Crippen molar-refractivity contribution < 1.29 is 19.0 Å². The van der Waals surface area contributed by atoms with Gasteiger partial charge in [-0.1, -0.05) is 22.0 Å². The maximum atomic E-state index is 13.2. The van der Waals surface area contributed by atoms with Crippen LogP contribution in [0.25, 0.3) is 6.08 Å². The molecule has 1 aromatic heterocycles. The number of carbonyl (C=O) groups excluding carboxylic acids is 1. The van der Waals surface area contributed by atoms with E-state index in [4.69, 9.17) is 14.2 Å². The van der Waals surface area contributed by atoms with Crippen LogP contribution in [0.15, 0.2) is 52.0 Å². The summed E-state index contributed by atoms with van der Waals surface area (Å²) in [6.07, 6.45) is 1.73. The van der Waals surface area contributed by atoms with Crippen LogP contribution in [0, 0.1) is 6.92 Å². The van der Waals surface area contributed by atoms with Gasteiger partial charge < -0.3 is 14.2 Å². The van der Waals surface area contributed by atoms with Gasteiger partial charge >= 0.3 is 0 Å². The smallest absolute Gasteiger partial charge is 0.231 e. The van der Waals surface area contributed by atoms with Crippen LogP contribution in [0.4, 0.5) is 0 Å². The molecule has 2 aromatic carbocycles. The van der Waals surface area contributed by atoms with Gasteiger partial charge in [0.1, 0.15) is 24.0 Å². The van der Waals surface area contributed by atoms with Gasteiger partial charge in [0.2, 0.25) is 5.78 Å². The minimum Gasteiger partial charge on any atom is -0.496 e. The Labute approximate surface area is 193 Å². The van der Waals surface area contributed by atoms with E-state index in [9.17, 15) is 4.79 Å². The molecule has 3 aromatic rings. The van der Waals surface area contributed by atoms with Crippen LogP contribution in [0.3, 0.4) is 0 Å². The molecule has 0 aliphatic carbocycles. The second-order valence-corrected chi connectivity index (χ2v) is 9.48. The van der Waals surface area contributed by atoms with E-state index in [0.717, 1.165) is 40.0 Å². The number of halogens is 1. The highest BCUT2D eigenvalue weighted by molar-refractivity contribution is 9.10. The maximum Gasteiger partial charge on any atom is 0.231 e. The molecule has 0 bridgehead atoms. The number of thiophene rings is 1. The lowest BCUT2D eigenvalue weighted by molar-refractivity contribution is 0.0886. The number of rotatable bonds is 4. The number of nitrogens with zero attached hydrogens (tertiary/aromatic N) is 1. The van der Waals surface area contributed by atoms with Gasteiger partial charge in [-0.2, -0.15) is 0 Å². The number of ether oxygens (including phenoxy) is 3. The summed E-state index contributed by atoms with van der Waals surface area (Å²) in [5.41, 5.74) is 3.23. The number of Topliss-reactive ketones (excluding diaryl/α,β-unsaturated/α-hetero) is 1. The van der Waals surface area contributed by atoms with Gasteiger partial charge in [-0.25, -0.2) is 0 Å². The van der Waals surface area contributed by atoms with Crippen molar-refractivity contribution in [2.24, 2.45) is 0 Å².